The molecule has 0 fully saturated rings. The van der Waals surface area contributed by atoms with Gasteiger partial charge in [-0.3, -0.25) is 9.48 Å². The van der Waals surface area contributed by atoms with Crippen molar-refractivity contribution in [3.63, 3.8) is 0 Å². The molecule has 2 aromatic heterocycles. The Morgan fingerprint density at radius 3 is 2.89 bits per heavy atom. The van der Waals surface area contributed by atoms with Gasteiger partial charge in [-0.05, 0) is 4.92 Å². The minimum Gasteiger partial charge on any atom is -0.358 e. The van der Waals surface area contributed by atoms with E-state index in [0.717, 1.165) is 0 Å². The number of H-pyrrole nitrogens is 1. The Balaban J connectivity index is 2.22. The second kappa shape index (κ2) is 4.45. The van der Waals surface area contributed by atoms with Crippen molar-refractivity contribution in [2.45, 2.75) is 0 Å². The molecule has 0 radical (unpaired) electrons. The van der Waals surface area contributed by atoms with E-state index in [1.54, 1.807) is 19.3 Å². The first-order valence-corrected chi connectivity index (χ1v) is 5.06. The van der Waals surface area contributed by atoms with Gasteiger partial charge in [-0.2, -0.15) is 5.10 Å². The third kappa shape index (κ3) is 2.15. The number of rotatable bonds is 3. The zero-order valence-corrected chi connectivity index (χ0v) is 9.80. The molecule has 94 valence electrons. The van der Waals surface area contributed by atoms with E-state index in [1.807, 2.05) is 0 Å². The van der Waals surface area contributed by atoms with Crippen LogP contribution in [0.3, 0.4) is 0 Å². The highest BCUT2D eigenvalue weighted by Crippen LogP contribution is 2.25. The lowest BCUT2D eigenvalue weighted by Gasteiger charge is -1.97. The molecule has 0 aromatic carbocycles. The van der Waals surface area contributed by atoms with Crippen LogP contribution in [0.15, 0.2) is 12.3 Å². The largest absolute Gasteiger partial charge is 0.362 e. The molecule has 9 nitrogen and oxygen atoms in total. The summed E-state index contributed by atoms with van der Waals surface area (Å²) in [5.41, 5.74) is -0.256. The van der Waals surface area contributed by atoms with Gasteiger partial charge in [-0.15, -0.1) is 5.10 Å². The topological polar surface area (TPSA) is 119 Å². The summed E-state index contributed by atoms with van der Waals surface area (Å²) in [5.74, 6) is -0.907. The molecule has 0 bridgehead atoms. The number of aromatic nitrogens is 4. The fraction of sp³-hybridized carbons (Fsp3) is 0.125. The summed E-state index contributed by atoms with van der Waals surface area (Å²) in [6.45, 7) is 0. The van der Waals surface area contributed by atoms with Gasteiger partial charge >= 0.3 is 5.82 Å². The van der Waals surface area contributed by atoms with Crippen molar-refractivity contribution in [2.24, 2.45) is 7.05 Å². The highest BCUT2D eigenvalue weighted by molar-refractivity contribution is 6.35. The summed E-state index contributed by atoms with van der Waals surface area (Å²) in [7, 11) is 1.68. The Labute approximate surface area is 105 Å². The van der Waals surface area contributed by atoms with Gasteiger partial charge in [0.1, 0.15) is 0 Å². The van der Waals surface area contributed by atoms with Crippen LogP contribution in [-0.4, -0.2) is 30.8 Å². The number of anilines is 1. The molecule has 0 aliphatic heterocycles. The van der Waals surface area contributed by atoms with E-state index >= 15 is 0 Å². The molecule has 2 heterocycles. The maximum atomic E-state index is 11.7. The molecule has 0 aliphatic rings. The molecule has 0 saturated carbocycles. The number of aromatic amines is 1. The molecule has 1 amide bonds. The summed E-state index contributed by atoms with van der Waals surface area (Å²) in [5, 5.41) is 22.1. The monoisotopic (exact) mass is 270 g/mol. The Bertz CT molecular complexity index is 618. The number of aryl methyl sites for hydroxylation is 1. The van der Waals surface area contributed by atoms with E-state index in [-0.39, 0.29) is 10.7 Å². The first-order chi connectivity index (χ1) is 8.49. The van der Waals surface area contributed by atoms with Crippen molar-refractivity contribution in [1.82, 2.24) is 20.0 Å². The van der Waals surface area contributed by atoms with E-state index in [4.69, 9.17) is 11.6 Å². The Morgan fingerprint density at radius 2 is 2.39 bits per heavy atom. The summed E-state index contributed by atoms with van der Waals surface area (Å²) in [4.78, 5) is 21.5. The van der Waals surface area contributed by atoms with Crippen molar-refractivity contribution in [3.05, 3.63) is 33.1 Å². The Kier molecular flexibility index (Phi) is 2.98. The van der Waals surface area contributed by atoms with Crippen LogP contribution in [0, 0.1) is 10.1 Å². The van der Waals surface area contributed by atoms with Gasteiger partial charge in [-0.1, -0.05) is 16.7 Å². The standard InChI is InChI=1S/C8H7ClN6O3/c1-14-3-2-4(13-14)10-8(16)6-5(9)7(12-11-6)15(17)18/h2-3H,1H3,(H,11,12)(H,10,13,16). The molecule has 2 N–H and O–H groups in total. The number of halogens is 1. The molecule has 10 heteroatoms. The van der Waals surface area contributed by atoms with Gasteiger partial charge in [0.25, 0.3) is 5.91 Å². The molecular weight excluding hydrogens is 264 g/mol. The lowest BCUT2D eigenvalue weighted by Crippen LogP contribution is -2.13. The molecule has 0 saturated heterocycles. The zero-order chi connectivity index (χ0) is 13.3. The van der Waals surface area contributed by atoms with Crippen LogP contribution in [0.4, 0.5) is 11.6 Å². The third-order valence-corrected chi connectivity index (χ3v) is 2.40. The average molecular weight is 271 g/mol. The van der Waals surface area contributed by atoms with Crippen LogP contribution in [0.25, 0.3) is 0 Å². The van der Waals surface area contributed by atoms with Gasteiger partial charge in [-0.25, -0.2) is 0 Å². The van der Waals surface area contributed by atoms with Gasteiger partial charge in [0, 0.05) is 19.3 Å². The van der Waals surface area contributed by atoms with E-state index < -0.39 is 16.6 Å². The van der Waals surface area contributed by atoms with Crippen LogP contribution in [0.5, 0.6) is 0 Å². The van der Waals surface area contributed by atoms with Gasteiger partial charge < -0.3 is 15.4 Å². The maximum absolute atomic E-state index is 11.7. The summed E-state index contributed by atoms with van der Waals surface area (Å²) in [6.07, 6.45) is 1.63. The quantitative estimate of drug-likeness (QED) is 0.636. The SMILES string of the molecule is Cn1ccc(NC(=O)c2n[nH]c([N+](=O)[O-])c2Cl)n1. The fourth-order valence-electron chi connectivity index (χ4n) is 1.25. The second-order valence-corrected chi connectivity index (χ2v) is 3.70. The lowest BCUT2D eigenvalue weighted by atomic mass is 10.4. The lowest BCUT2D eigenvalue weighted by molar-refractivity contribution is -0.389. The van der Waals surface area contributed by atoms with Crippen LogP contribution in [-0.2, 0) is 7.05 Å². The third-order valence-electron chi connectivity index (χ3n) is 2.04. The number of carbonyl (C=O) groups is 1. The minimum atomic E-state index is -0.757. The van der Waals surface area contributed by atoms with Gasteiger partial charge in [0.2, 0.25) is 0 Å². The molecule has 0 unspecified atom stereocenters. The van der Waals surface area contributed by atoms with Crippen molar-refractivity contribution >= 4 is 29.1 Å². The number of amides is 1. The van der Waals surface area contributed by atoms with Crippen molar-refractivity contribution in [3.8, 4) is 0 Å². The first-order valence-electron chi connectivity index (χ1n) is 4.68. The Morgan fingerprint density at radius 1 is 1.67 bits per heavy atom. The molecule has 18 heavy (non-hydrogen) atoms. The van der Waals surface area contributed by atoms with Crippen LogP contribution < -0.4 is 5.32 Å². The number of carbonyl (C=O) groups excluding carboxylic acids is 1. The molecular formula is C8H7ClN6O3. The van der Waals surface area contributed by atoms with Crippen LogP contribution >= 0.6 is 11.6 Å². The van der Waals surface area contributed by atoms with Crippen molar-refractivity contribution in [2.75, 3.05) is 5.32 Å². The Hall–Kier alpha value is -2.42. The van der Waals surface area contributed by atoms with Gasteiger partial charge in [0.15, 0.2) is 16.5 Å². The second-order valence-electron chi connectivity index (χ2n) is 3.32. The van der Waals surface area contributed by atoms with Gasteiger partial charge in [0.05, 0.1) is 0 Å². The van der Waals surface area contributed by atoms with Crippen molar-refractivity contribution < 1.29 is 9.72 Å². The van der Waals surface area contributed by atoms with Crippen LogP contribution in [0.2, 0.25) is 5.02 Å². The summed E-state index contributed by atoms with van der Waals surface area (Å²) < 4.78 is 1.49. The minimum absolute atomic E-state index is 0.256. The normalized spacial score (nSPS) is 10.3. The summed E-state index contributed by atoms with van der Waals surface area (Å²) >= 11 is 5.66. The number of hydrogen-bond donors (Lipinski definition) is 2. The number of hydrogen-bond acceptors (Lipinski definition) is 5. The highest BCUT2D eigenvalue weighted by atomic mass is 35.5. The summed E-state index contributed by atoms with van der Waals surface area (Å²) in [6, 6.07) is 1.56. The van der Waals surface area contributed by atoms with E-state index in [2.05, 4.69) is 20.6 Å². The molecule has 2 rings (SSSR count). The zero-order valence-electron chi connectivity index (χ0n) is 9.05. The van der Waals surface area contributed by atoms with E-state index in [1.165, 1.54) is 4.68 Å². The van der Waals surface area contributed by atoms with Crippen molar-refractivity contribution in [1.29, 1.82) is 0 Å². The smallest absolute Gasteiger partial charge is 0.358 e. The van der Waals surface area contributed by atoms with E-state index in [0.29, 0.717) is 5.82 Å². The molecule has 0 aliphatic carbocycles. The number of nitrogens with zero attached hydrogens (tertiary/aromatic N) is 4. The average Bonchev–Trinajstić information content (AvgIpc) is 2.85. The van der Waals surface area contributed by atoms with Crippen LogP contribution in [0.1, 0.15) is 10.5 Å². The highest BCUT2D eigenvalue weighted by Gasteiger charge is 2.25. The molecule has 0 atom stereocenters. The molecule has 0 spiro atoms. The maximum Gasteiger partial charge on any atom is 0.362 e. The fourth-order valence-corrected chi connectivity index (χ4v) is 1.49. The number of nitrogens with one attached hydrogen (secondary N) is 2. The predicted molar refractivity (Wildman–Crippen MR) is 61.4 cm³/mol. The first kappa shape index (κ1) is 12.0. The van der Waals surface area contributed by atoms with E-state index in [9.17, 15) is 14.9 Å². The number of nitro groups is 1. The predicted octanol–water partition coefficient (Wildman–Crippen LogP) is 0.957. The molecule has 2 aromatic rings.